The van der Waals surface area contributed by atoms with Gasteiger partial charge in [0.2, 0.25) is 0 Å². The fourth-order valence-electron chi connectivity index (χ4n) is 1.16. The predicted molar refractivity (Wildman–Crippen MR) is 51.5 cm³/mol. The van der Waals surface area contributed by atoms with Crippen LogP contribution in [0.25, 0.3) is 10.6 Å². The van der Waals surface area contributed by atoms with Crippen LogP contribution < -0.4 is 0 Å². The molecule has 0 bridgehead atoms. The third-order valence-corrected chi connectivity index (χ3v) is 2.85. The Morgan fingerprint density at radius 3 is 3.00 bits per heavy atom. The van der Waals surface area contributed by atoms with Crippen LogP contribution in [0.5, 0.6) is 0 Å². The molecule has 14 heavy (non-hydrogen) atoms. The fraction of sp³-hybridized carbons (Fsp3) is 0.111. The van der Waals surface area contributed by atoms with Crippen molar-refractivity contribution in [3.8, 4) is 10.6 Å². The lowest BCUT2D eigenvalue weighted by Gasteiger charge is -1.94. The maximum Gasteiger partial charge on any atom is 0.358 e. The minimum absolute atomic E-state index is 0.0319. The highest BCUT2D eigenvalue weighted by molar-refractivity contribution is 7.13. The lowest BCUT2D eigenvalue weighted by atomic mass is 10.2. The van der Waals surface area contributed by atoms with Crippen molar-refractivity contribution in [1.29, 1.82) is 0 Å². The molecule has 0 aromatic carbocycles. The average molecular weight is 209 g/mol. The minimum atomic E-state index is -1.07. The number of hydrogen-bond acceptors (Lipinski definition) is 4. The van der Waals surface area contributed by atoms with Gasteiger partial charge in [-0.3, -0.25) is 0 Å². The molecule has 0 fully saturated rings. The van der Waals surface area contributed by atoms with Crippen molar-refractivity contribution in [2.75, 3.05) is 0 Å². The van der Waals surface area contributed by atoms with E-state index in [9.17, 15) is 4.79 Å². The highest BCUT2D eigenvalue weighted by Gasteiger charge is 2.19. The molecule has 0 radical (unpaired) electrons. The van der Waals surface area contributed by atoms with E-state index in [1.807, 2.05) is 18.4 Å². The van der Waals surface area contributed by atoms with Crippen molar-refractivity contribution in [1.82, 2.24) is 4.98 Å². The van der Waals surface area contributed by atoms with Gasteiger partial charge in [0.25, 0.3) is 0 Å². The van der Waals surface area contributed by atoms with Crippen molar-refractivity contribution >= 4 is 17.3 Å². The Morgan fingerprint density at radius 1 is 1.64 bits per heavy atom. The van der Waals surface area contributed by atoms with Gasteiger partial charge in [-0.25, -0.2) is 9.78 Å². The highest BCUT2D eigenvalue weighted by atomic mass is 32.1. The zero-order valence-corrected chi connectivity index (χ0v) is 8.17. The number of carboxylic acids is 1. The molecule has 0 spiro atoms. The van der Waals surface area contributed by atoms with Crippen LogP contribution in [-0.4, -0.2) is 16.1 Å². The molecule has 2 rings (SSSR count). The van der Waals surface area contributed by atoms with Crippen molar-refractivity contribution in [2.45, 2.75) is 6.92 Å². The molecule has 0 saturated carbocycles. The summed E-state index contributed by atoms with van der Waals surface area (Å²) in [4.78, 5) is 15.2. The number of hydrogen-bond donors (Lipinski definition) is 1. The highest BCUT2D eigenvalue weighted by Crippen LogP contribution is 2.31. The first-order valence-corrected chi connectivity index (χ1v) is 4.79. The number of aromatic carboxylic acids is 1. The maximum absolute atomic E-state index is 10.8. The number of thiophene rings is 1. The minimum Gasteiger partial charge on any atom is -0.476 e. The first-order chi connectivity index (χ1) is 6.70. The number of oxazole rings is 1. The summed E-state index contributed by atoms with van der Waals surface area (Å²) in [5.74, 6) is -0.730. The Labute approximate surface area is 83.8 Å². The van der Waals surface area contributed by atoms with Gasteiger partial charge in [0.1, 0.15) is 0 Å². The molecule has 1 N–H and O–H groups in total. The number of carbonyl (C=O) groups is 1. The van der Waals surface area contributed by atoms with Crippen LogP contribution in [0.2, 0.25) is 0 Å². The molecule has 2 aromatic rings. The van der Waals surface area contributed by atoms with Gasteiger partial charge in [-0.05, 0) is 23.9 Å². The smallest absolute Gasteiger partial charge is 0.358 e. The topological polar surface area (TPSA) is 63.3 Å². The molecule has 2 aromatic heterocycles. The summed E-state index contributed by atoms with van der Waals surface area (Å²) in [6, 6.07) is 1.91. The van der Waals surface area contributed by atoms with Crippen molar-refractivity contribution < 1.29 is 14.3 Å². The van der Waals surface area contributed by atoms with Crippen LogP contribution in [0, 0.1) is 6.92 Å². The van der Waals surface area contributed by atoms with Crippen LogP contribution in [0.15, 0.2) is 22.3 Å². The van der Waals surface area contributed by atoms with E-state index in [-0.39, 0.29) is 5.69 Å². The van der Waals surface area contributed by atoms with Gasteiger partial charge in [-0.15, -0.1) is 11.3 Å². The molecule has 5 heteroatoms. The molecule has 0 atom stereocenters. The second-order valence-corrected chi connectivity index (χ2v) is 3.68. The van der Waals surface area contributed by atoms with Crippen LogP contribution in [0.1, 0.15) is 16.1 Å². The van der Waals surface area contributed by atoms with Gasteiger partial charge in [-0.2, -0.15) is 0 Å². The van der Waals surface area contributed by atoms with E-state index >= 15 is 0 Å². The molecule has 72 valence electrons. The molecular formula is C9H7NO3S. The number of nitrogens with zero attached hydrogens (tertiary/aromatic N) is 1. The zero-order chi connectivity index (χ0) is 10.1. The lowest BCUT2D eigenvalue weighted by Crippen LogP contribution is -1.98. The maximum atomic E-state index is 10.8. The molecule has 2 heterocycles. The Kier molecular flexibility index (Phi) is 2.09. The molecular weight excluding hydrogens is 202 g/mol. The molecule has 0 amide bonds. The largest absolute Gasteiger partial charge is 0.476 e. The summed E-state index contributed by atoms with van der Waals surface area (Å²) in [6.45, 7) is 1.90. The number of aromatic nitrogens is 1. The fourth-order valence-corrected chi connectivity index (χ4v) is 2.08. The Morgan fingerprint density at radius 2 is 2.43 bits per heavy atom. The van der Waals surface area contributed by atoms with Crippen LogP contribution >= 0.6 is 11.3 Å². The van der Waals surface area contributed by atoms with Crippen LogP contribution in [0.3, 0.4) is 0 Å². The summed E-state index contributed by atoms with van der Waals surface area (Å²) in [5, 5.41) is 10.7. The molecule has 4 nitrogen and oxygen atoms in total. The first kappa shape index (κ1) is 8.96. The summed E-state index contributed by atoms with van der Waals surface area (Å²) < 4.78 is 5.07. The normalized spacial score (nSPS) is 10.4. The van der Waals surface area contributed by atoms with E-state index in [1.165, 1.54) is 11.3 Å². The van der Waals surface area contributed by atoms with E-state index in [0.717, 1.165) is 16.8 Å². The van der Waals surface area contributed by atoms with Gasteiger partial charge in [-0.1, -0.05) is 0 Å². The molecule has 0 aliphatic heterocycles. The number of rotatable bonds is 2. The molecule has 0 aliphatic carbocycles. The molecule has 0 saturated heterocycles. The summed E-state index contributed by atoms with van der Waals surface area (Å²) >= 11 is 1.44. The average Bonchev–Trinajstić information content (AvgIpc) is 2.70. The van der Waals surface area contributed by atoms with Gasteiger partial charge in [0.05, 0.1) is 4.88 Å². The Balaban J connectivity index is 2.57. The Hall–Kier alpha value is -1.62. The quantitative estimate of drug-likeness (QED) is 0.824. The lowest BCUT2D eigenvalue weighted by molar-refractivity contribution is 0.0691. The van der Waals surface area contributed by atoms with Crippen LogP contribution in [-0.2, 0) is 0 Å². The van der Waals surface area contributed by atoms with Crippen molar-refractivity contribution in [3.05, 3.63) is 29.1 Å². The van der Waals surface area contributed by atoms with Gasteiger partial charge < -0.3 is 9.52 Å². The van der Waals surface area contributed by atoms with E-state index in [2.05, 4.69) is 4.98 Å². The third kappa shape index (κ3) is 1.31. The summed E-state index contributed by atoms with van der Waals surface area (Å²) in [6.07, 6.45) is 1.15. The molecule has 0 aliphatic rings. The molecule has 0 unspecified atom stereocenters. The summed E-state index contributed by atoms with van der Waals surface area (Å²) in [5.41, 5.74) is 0.963. The van der Waals surface area contributed by atoms with Gasteiger partial charge >= 0.3 is 5.97 Å². The van der Waals surface area contributed by atoms with E-state index in [1.54, 1.807) is 0 Å². The van der Waals surface area contributed by atoms with Crippen LogP contribution in [0.4, 0.5) is 0 Å². The summed E-state index contributed by atoms with van der Waals surface area (Å²) in [7, 11) is 0. The van der Waals surface area contributed by atoms with E-state index < -0.39 is 5.97 Å². The Bertz CT molecular complexity index is 472. The van der Waals surface area contributed by atoms with Gasteiger partial charge in [0, 0.05) is 0 Å². The van der Waals surface area contributed by atoms with Gasteiger partial charge in [0.15, 0.2) is 17.8 Å². The number of carboxylic acid groups (broad SMARTS) is 1. The predicted octanol–water partition coefficient (Wildman–Crippen LogP) is 2.41. The number of aryl methyl sites for hydroxylation is 1. The first-order valence-electron chi connectivity index (χ1n) is 3.91. The zero-order valence-electron chi connectivity index (χ0n) is 7.35. The monoisotopic (exact) mass is 209 g/mol. The standard InChI is InChI=1S/C9H7NO3S/c1-5-2-3-14-8(5)7-6(9(11)12)10-4-13-7/h2-4H,1H3,(H,11,12). The second kappa shape index (κ2) is 3.26. The SMILES string of the molecule is Cc1ccsc1-c1ocnc1C(=O)O. The van der Waals surface area contributed by atoms with E-state index in [4.69, 9.17) is 9.52 Å². The van der Waals surface area contributed by atoms with Crippen molar-refractivity contribution in [2.24, 2.45) is 0 Å². The third-order valence-electron chi connectivity index (χ3n) is 1.84. The van der Waals surface area contributed by atoms with E-state index in [0.29, 0.717) is 5.76 Å². The van der Waals surface area contributed by atoms with Crippen molar-refractivity contribution in [3.63, 3.8) is 0 Å². The second-order valence-electron chi connectivity index (χ2n) is 2.77.